The first-order valence-corrected chi connectivity index (χ1v) is 6.61. The molecule has 0 aromatic heterocycles. The van der Waals surface area contributed by atoms with E-state index < -0.39 is 6.16 Å². The number of cyclic esters (lactones) is 1. The number of carbonyl (C=O) groups excluding carboxylic acids is 1. The molecule has 0 N–H and O–H groups in total. The maximum absolute atomic E-state index is 11.0. The van der Waals surface area contributed by atoms with Gasteiger partial charge < -0.3 is 14.2 Å². The molecule has 0 saturated heterocycles. The van der Waals surface area contributed by atoms with Crippen LogP contribution in [-0.4, -0.2) is 12.3 Å². The predicted molar refractivity (Wildman–Crippen MR) is 62.1 cm³/mol. The highest BCUT2D eigenvalue weighted by molar-refractivity contribution is 5.64. The summed E-state index contributed by atoms with van der Waals surface area (Å²) in [5.74, 6) is 1.09. The van der Waals surface area contributed by atoms with E-state index in [0.717, 1.165) is 18.6 Å². The van der Waals surface area contributed by atoms with E-state index >= 15 is 0 Å². The zero-order valence-corrected chi connectivity index (χ0v) is 10.4. The third kappa shape index (κ3) is 3.65. The Bertz CT molecular complexity index is 309. The van der Waals surface area contributed by atoms with Gasteiger partial charge in [-0.15, -0.1) is 0 Å². The Labute approximate surface area is 102 Å². The van der Waals surface area contributed by atoms with Crippen LogP contribution in [0.15, 0.2) is 11.7 Å². The number of ether oxygens (including phenoxy) is 3. The minimum atomic E-state index is -0.630. The van der Waals surface area contributed by atoms with Crippen LogP contribution in [0.3, 0.4) is 0 Å². The van der Waals surface area contributed by atoms with Crippen molar-refractivity contribution in [1.82, 2.24) is 0 Å². The summed E-state index contributed by atoms with van der Waals surface area (Å²) < 4.78 is 14.7. The minimum Gasteiger partial charge on any atom is -0.422 e. The lowest BCUT2D eigenvalue weighted by atomic mass is 10.1. The smallest absolute Gasteiger partial charge is 0.422 e. The molecule has 1 unspecified atom stereocenters. The molecule has 17 heavy (non-hydrogen) atoms. The van der Waals surface area contributed by atoms with Gasteiger partial charge in [-0.05, 0) is 12.8 Å². The molecule has 0 spiro atoms. The van der Waals surface area contributed by atoms with Crippen molar-refractivity contribution >= 4 is 6.16 Å². The van der Waals surface area contributed by atoms with Crippen LogP contribution in [0.2, 0.25) is 0 Å². The van der Waals surface area contributed by atoms with Crippen molar-refractivity contribution in [3.8, 4) is 0 Å². The van der Waals surface area contributed by atoms with Gasteiger partial charge in [0.15, 0.2) is 6.10 Å². The van der Waals surface area contributed by atoms with Crippen LogP contribution in [0.1, 0.15) is 58.3 Å². The zero-order valence-electron chi connectivity index (χ0n) is 10.4. The fourth-order valence-corrected chi connectivity index (χ4v) is 2.09. The van der Waals surface area contributed by atoms with E-state index in [1.54, 1.807) is 0 Å². The Morgan fingerprint density at radius 2 is 1.71 bits per heavy atom. The van der Waals surface area contributed by atoms with Gasteiger partial charge in [0, 0.05) is 0 Å². The topological polar surface area (TPSA) is 48.1 Å². The maximum Gasteiger partial charge on any atom is 0.517 e. The molecule has 0 radical (unpaired) electrons. The van der Waals surface area contributed by atoms with Crippen molar-refractivity contribution in [1.29, 1.82) is 0 Å². The fourth-order valence-electron chi connectivity index (χ4n) is 2.09. The Balaban J connectivity index is 1.52. The Hall–Kier alpha value is -1.19. The molecular formula is C13H20O4. The van der Waals surface area contributed by atoms with Crippen molar-refractivity contribution in [3.05, 3.63) is 11.7 Å². The van der Waals surface area contributed by atoms with Crippen molar-refractivity contribution in [2.45, 2.75) is 64.4 Å². The van der Waals surface area contributed by atoms with Crippen molar-refractivity contribution in [2.75, 3.05) is 0 Å². The summed E-state index contributed by atoms with van der Waals surface area (Å²) in [5, 5.41) is 0. The second-order valence-electron chi connectivity index (χ2n) is 4.62. The molecule has 0 fully saturated rings. The lowest BCUT2D eigenvalue weighted by Gasteiger charge is -2.12. The lowest BCUT2D eigenvalue weighted by molar-refractivity contribution is 0.0448. The van der Waals surface area contributed by atoms with Gasteiger partial charge in [-0.1, -0.05) is 45.4 Å². The van der Waals surface area contributed by atoms with Gasteiger partial charge in [0.2, 0.25) is 5.76 Å². The third-order valence-corrected chi connectivity index (χ3v) is 3.14. The predicted octanol–water partition coefficient (Wildman–Crippen LogP) is 3.86. The quantitative estimate of drug-likeness (QED) is 0.477. The molecule has 0 bridgehead atoms. The number of unbranched alkanes of at least 4 members (excludes halogenated alkanes) is 6. The maximum atomic E-state index is 11.0. The highest BCUT2D eigenvalue weighted by Crippen LogP contribution is 2.38. The van der Waals surface area contributed by atoms with Crippen LogP contribution in [0.5, 0.6) is 0 Å². The molecule has 2 rings (SSSR count). The standard InChI is InChI=1S/C13H20O4/c1-2-3-4-5-6-7-8-9-10-11-12(16-11)17-13(14)15-10/h10H,2-9H2,1H3. The van der Waals surface area contributed by atoms with E-state index in [-0.39, 0.29) is 6.10 Å². The van der Waals surface area contributed by atoms with E-state index in [0.29, 0.717) is 5.95 Å². The summed E-state index contributed by atoms with van der Waals surface area (Å²) in [6.07, 6.45) is 8.83. The second kappa shape index (κ2) is 5.94. The van der Waals surface area contributed by atoms with Crippen LogP contribution < -0.4 is 0 Å². The van der Waals surface area contributed by atoms with Crippen LogP contribution >= 0.6 is 0 Å². The van der Waals surface area contributed by atoms with Crippen LogP contribution in [0.4, 0.5) is 4.79 Å². The normalized spacial score (nSPS) is 21.5. The number of carbonyl (C=O) groups is 1. The highest BCUT2D eigenvalue weighted by atomic mass is 16.8. The molecule has 96 valence electrons. The second-order valence-corrected chi connectivity index (χ2v) is 4.62. The molecule has 1 atom stereocenters. The molecule has 0 aromatic rings. The monoisotopic (exact) mass is 240 g/mol. The minimum absolute atomic E-state index is 0.193. The number of hydrogen-bond donors (Lipinski definition) is 0. The van der Waals surface area contributed by atoms with E-state index in [1.807, 2.05) is 0 Å². The molecule has 2 heterocycles. The summed E-state index contributed by atoms with van der Waals surface area (Å²) in [4.78, 5) is 11.0. The molecule has 2 aliphatic heterocycles. The van der Waals surface area contributed by atoms with Gasteiger partial charge in [-0.25, -0.2) is 4.79 Å². The summed E-state index contributed by atoms with van der Waals surface area (Å²) in [7, 11) is 0. The SMILES string of the molecule is CCCCCCCCCC1OC(=O)OC2=C1O2. The van der Waals surface area contributed by atoms with Gasteiger partial charge in [-0.3, -0.25) is 0 Å². The van der Waals surface area contributed by atoms with Crippen molar-refractivity contribution in [2.24, 2.45) is 0 Å². The van der Waals surface area contributed by atoms with E-state index in [1.165, 1.54) is 38.5 Å². The van der Waals surface area contributed by atoms with E-state index in [2.05, 4.69) is 11.7 Å². The first-order chi connectivity index (χ1) is 8.31. The largest absolute Gasteiger partial charge is 0.517 e. The molecule has 0 saturated carbocycles. The van der Waals surface area contributed by atoms with Crippen LogP contribution in [-0.2, 0) is 14.2 Å². The molecule has 0 aliphatic carbocycles. The van der Waals surface area contributed by atoms with E-state index in [9.17, 15) is 4.79 Å². The summed E-state index contributed by atoms with van der Waals surface area (Å²) >= 11 is 0. The average molecular weight is 240 g/mol. The van der Waals surface area contributed by atoms with Gasteiger partial charge >= 0.3 is 12.1 Å². The van der Waals surface area contributed by atoms with Crippen LogP contribution in [0.25, 0.3) is 0 Å². The van der Waals surface area contributed by atoms with Gasteiger partial charge in [0.25, 0.3) is 0 Å². The first-order valence-electron chi connectivity index (χ1n) is 6.61. The third-order valence-electron chi connectivity index (χ3n) is 3.14. The summed E-state index contributed by atoms with van der Waals surface area (Å²) in [5.41, 5.74) is 0. The van der Waals surface area contributed by atoms with Gasteiger partial charge in [0.1, 0.15) is 0 Å². The Morgan fingerprint density at radius 1 is 1.00 bits per heavy atom. The number of hydrogen-bond acceptors (Lipinski definition) is 4. The highest BCUT2D eigenvalue weighted by Gasteiger charge is 2.44. The van der Waals surface area contributed by atoms with Crippen LogP contribution in [0, 0.1) is 0 Å². The molecule has 0 aromatic carbocycles. The lowest BCUT2D eigenvalue weighted by Crippen LogP contribution is -2.20. The fraction of sp³-hybridized carbons (Fsp3) is 0.769. The first kappa shape index (κ1) is 12.3. The zero-order chi connectivity index (χ0) is 12.1. The molecule has 2 aliphatic rings. The van der Waals surface area contributed by atoms with Crippen molar-refractivity contribution in [3.63, 3.8) is 0 Å². The molecule has 4 nitrogen and oxygen atoms in total. The van der Waals surface area contributed by atoms with Crippen molar-refractivity contribution < 1.29 is 19.0 Å². The summed E-state index contributed by atoms with van der Waals surface area (Å²) in [6, 6.07) is 0. The number of rotatable bonds is 8. The molecular weight excluding hydrogens is 220 g/mol. The van der Waals surface area contributed by atoms with Gasteiger partial charge in [0.05, 0.1) is 0 Å². The summed E-state index contributed by atoms with van der Waals surface area (Å²) in [6.45, 7) is 2.22. The van der Waals surface area contributed by atoms with Gasteiger partial charge in [-0.2, -0.15) is 0 Å². The Morgan fingerprint density at radius 3 is 2.47 bits per heavy atom. The molecule has 4 heteroatoms. The molecule has 0 amide bonds. The average Bonchev–Trinajstić information content (AvgIpc) is 3.06. The van der Waals surface area contributed by atoms with E-state index in [4.69, 9.17) is 9.47 Å². The Kier molecular flexibility index (Phi) is 4.29.